The maximum Gasteiger partial charge on any atom is 0.293 e. The van der Waals surface area contributed by atoms with Gasteiger partial charge in [0.1, 0.15) is 0 Å². The van der Waals surface area contributed by atoms with E-state index in [1.54, 1.807) is 17.0 Å². The van der Waals surface area contributed by atoms with Gasteiger partial charge in [-0.15, -0.1) is 0 Å². The van der Waals surface area contributed by atoms with Gasteiger partial charge < -0.3 is 14.8 Å². The van der Waals surface area contributed by atoms with Gasteiger partial charge in [0.25, 0.3) is 5.56 Å². The number of aromatic nitrogens is 2. The molecule has 21 heavy (non-hydrogen) atoms. The number of nitrogens with zero attached hydrogens (tertiary/aromatic N) is 3. The Labute approximate surface area is 127 Å². The van der Waals surface area contributed by atoms with E-state index in [9.17, 15) is 4.79 Å². The van der Waals surface area contributed by atoms with Crippen molar-refractivity contribution in [3.63, 3.8) is 0 Å². The highest BCUT2D eigenvalue weighted by Gasteiger charge is 2.19. The van der Waals surface area contributed by atoms with Gasteiger partial charge >= 0.3 is 0 Å². The maximum absolute atomic E-state index is 12.3. The molecule has 1 aromatic rings. The molecule has 0 radical (unpaired) electrons. The first-order valence-electron chi connectivity index (χ1n) is 8.11. The second-order valence-electron chi connectivity index (χ2n) is 6.41. The summed E-state index contributed by atoms with van der Waals surface area (Å²) in [5.74, 6) is 1.56. The summed E-state index contributed by atoms with van der Waals surface area (Å²) in [4.78, 5) is 19.0. The quantitative estimate of drug-likeness (QED) is 0.872. The third-order valence-electron chi connectivity index (χ3n) is 4.08. The highest BCUT2D eigenvalue weighted by atomic mass is 16.1. The molecular weight excluding hydrogens is 264 g/mol. The molecule has 0 spiro atoms. The lowest BCUT2D eigenvalue weighted by atomic mass is 9.98. The largest absolute Gasteiger partial charge is 0.365 e. The topological polar surface area (TPSA) is 50.2 Å². The first-order valence-corrected chi connectivity index (χ1v) is 8.11. The van der Waals surface area contributed by atoms with Crippen molar-refractivity contribution >= 4 is 5.82 Å². The molecular formula is C16H28N4O. The van der Waals surface area contributed by atoms with Crippen LogP contribution in [0.4, 0.5) is 5.82 Å². The second-order valence-corrected chi connectivity index (χ2v) is 6.41. The fourth-order valence-electron chi connectivity index (χ4n) is 2.95. The molecule has 2 rings (SSSR count). The number of piperidine rings is 1. The molecule has 1 aromatic heterocycles. The molecule has 0 saturated carbocycles. The van der Waals surface area contributed by atoms with Crippen molar-refractivity contribution in [2.45, 2.75) is 40.2 Å². The second kappa shape index (κ2) is 7.59. The van der Waals surface area contributed by atoms with Crippen LogP contribution >= 0.6 is 0 Å². The summed E-state index contributed by atoms with van der Waals surface area (Å²) < 4.78 is 1.75. The van der Waals surface area contributed by atoms with E-state index < -0.39 is 0 Å². The Balaban J connectivity index is 1.95. The van der Waals surface area contributed by atoms with Crippen molar-refractivity contribution in [3.05, 3.63) is 22.7 Å². The lowest BCUT2D eigenvalue weighted by molar-refractivity contribution is 0.189. The van der Waals surface area contributed by atoms with Crippen molar-refractivity contribution in [2.75, 3.05) is 31.5 Å². The van der Waals surface area contributed by atoms with Crippen molar-refractivity contribution in [2.24, 2.45) is 11.8 Å². The predicted octanol–water partition coefficient (Wildman–Crippen LogP) is 2.04. The fourth-order valence-corrected chi connectivity index (χ4v) is 2.95. The average molecular weight is 292 g/mol. The molecule has 1 aliphatic heterocycles. The van der Waals surface area contributed by atoms with E-state index in [-0.39, 0.29) is 5.56 Å². The molecule has 118 valence electrons. The predicted molar refractivity (Wildman–Crippen MR) is 86.7 cm³/mol. The number of anilines is 1. The Morgan fingerprint density at radius 3 is 3.00 bits per heavy atom. The van der Waals surface area contributed by atoms with Crippen LogP contribution in [-0.4, -0.2) is 40.6 Å². The molecule has 0 aliphatic carbocycles. The normalized spacial score (nSPS) is 19.9. The summed E-state index contributed by atoms with van der Waals surface area (Å²) in [5, 5.41) is 3.27. The standard InChI is InChI=1S/C16H28N4O/c1-4-19-8-5-6-14(12-19)10-18-15-16(21)20(9-7-17-15)11-13(2)3/h7,9,13-14H,4-6,8,10-12H2,1-3H3,(H,17,18)/t14-/m1/s1. The highest BCUT2D eigenvalue weighted by Crippen LogP contribution is 2.16. The number of nitrogens with one attached hydrogen (secondary N) is 1. The SMILES string of the molecule is CCN1CCC[C@H](CNc2nccn(CC(C)C)c2=O)C1. The Morgan fingerprint density at radius 2 is 2.29 bits per heavy atom. The van der Waals surface area contributed by atoms with Crippen LogP contribution in [0.15, 0.2) is 17.2 Å². The highest BCUT2D eigenvalue weighted by molar-refractivity contribution is 5.30. The van der Waals surface area contributed by atoms with Crippen LogP contribution in [0.3, 0.4) is 0 Å². The van der Waals surface area contributed by atoms with Crippen LogP contribution < -0.4 is 10.9 Å². The molecule has 1 atom stereocenters. The minimum atomic E-state index is -0.00522. The van der Waals surface area contributed by atoms with E-state index in [1.165, 1.54) is 19.4 Å². The molecule has 0 bridgehead atoms. The third-order valence-corrected chi connectivity index (χ3v) is 4.08. The average Bonchev–Trinajstić information content (AvgIpc) is 2.48. The number of hydrogen-bond acceptors (Lipinski definition) is 4. The molecule has 5 heteroatoms. The van der Waals surface area contributed by atoms with Crippen LogP contribution in [-0.2, 0) is 6.54 Å². The molecule has 1 fully saturated rings. The number of hydrogen-bond donors (Lipinski definition) is 1. The first kappa shape index (κ1) is 16.0. The molecule has 1 N–H and O–H groups in total. The van der Waals surface area contributed by atoms with Crippen molar-refractivity contribution < 1.29 is 0 Å². The van der Waals surface area contributed by atoms with E-state index in [0.29, 0.717) is 17.7 Å². The summed E-state index contributed by atoms with van der Waals surface area (Å²) in [6.07, 6.45) is 5.97. The van der Waals surface area contributed by atoms with Crippen LogP contribution in [0.5, 0.6) is 0 Å². The molecule has 0 unspecified atom stereocenters. The van der Waals surface area contributed by atoms with Gasteiger partial charge in [-0.25, -0.2) is 4.98 Å². The summed E-state index contributed by atoms with van der Waals surface area (Å²) in [5.41, 5.74) is -0.00522. The number of likely N-dealkylation sites (tertiary alicyclic amines) is 1. The lowest BCUT2D eigenvalue weighted by Gasteiger charge is -2.31. The Hall–Kier alpha value is -1.36. The zero-order valence-electron chi connectivity index (χ0n) is 13.5. The summed E-state index contributed by atoms with van der Waals surface area (Å²) >= 11 is 0. The van der Waals surface area contributed by atoms with E-state index in [2.05, 4.69) is 36.0 Å². The molecule has 1 saturated heterocycles. The first-order chi connectivity index (χ1) is 10.1. The van der Waals surface area contributed by atoms with Gasteiger partial charge in [0, 0.05) is 32.0 Å². The zero-order valence-corrected chi connectivity index (χ0v) is 13.5. The Bertz CT molecular complexity index is 497. The Morgan fingerprint density at radius 1 is 1.48 bits per heavy atom. The fraction of sp³-hybridized carbons (Fsp3) is 0.750. The summed E-state index contributed by atoms with van der Waals surface area (Å²) in [7, 11) is 0. The van der Waals surface area contributed by atoms with Crippen LogP contribution in [0.2, 0.25) is 0 Å². The maximum atomic E-state index is 12.3. The van der Waals surface area contributed by atoms with Gasteiger partial charge in [-0.2, -0.15) is 0 Å². The van der Waals surface area contributed by atoms with E-state index in [4.69, 9.17) is 0 Å². The summed E-state index contributed by atoms with van der Waals surface area (Å²) in [6, 6.07) is 0. The molecule has 2 heterocycles. The Kier molecular flexibility index (Phi) is 5.79. The van der Waals surface area contributed by atoms with E-state index in [1.807, 2.05) is 0 Å². The van der Waals surface area contributed by atoms with Gasteiger partial charge in [0.2, 0.25) is 0 Å². The van der Waals surface area contributed by atoms with Gasteiger partial charge in [-0.1, -0.05) is 20.8 Å². The molecule has 0 aromatic carbocycles. The smallest absolute Gasteiger partial charge is 0.293 e. The van der Waals surface area contributed by atoms with Crippen molar-refractivity contribution in [1.29, 1.82) is 0 Å². The molecule has 5 nitrogen and oxygen atoms in total. The van der Waals surface area contributed by atoms with Crippen LogP contribution in [0.25, 0.3) is 0 Å². The third kappa shape index (κ3) is 4.56. The van der Waals surface area contributed by atoms with Crippen LogP contribution in [0.1, 0.15) is 33.6 Å². The minimum absolute atomic E-state index is 0.00522. The van der Waals surface area contributed by atoms with Gasteiger partial charge in [0.05, 0.1) is 0 Å². The lowest BCUT2D eigenvalue weighted by Crippen LogP contribution is -2.38. The van der Waals surface area contributed by atoms with E-state index >= 15 is 0 Å². The zero-order chi connectivity index (χ0) is 15.2. The monoisotopic (exact) mass is 292 g/mol. The molecule has 0 amide bonds. The van der Waals surface area contributed by atoms with Gasteiger partial charge in [0.15, 0.2) is 5.82 Å². The van der Waals surface area contributed by atoms with Gasteiger partial charge in [-0.05, 0) is 37.8 Å². The van der Waals surface area contributed by atoms with Crippen molar-refractivity contribution in [1.82, 2.24) is 14.5 Å². The van der Waals surface area contributed by atoms with Crippen LogP contribution in [0, 0.1) is 11.8 Å². The van der Waals surface area contributed by atoms with Gasteiger partial charge in [-0.3, -0.25) is 4.79 Å². The summed E-state index contributed by atoms with van der Waals surface area (Å²) in [6.45, 7) is 11.4. The van der Waals surface area contributed by atoms with E-state index in [0.717, 1.165) is 26.2 Å². The minimum Gasteiger partial charge on any atom is -0.365 e. The van der Waals surface area contributed by atoms with Crippen molar-refractivity contribution in [3.8, 4) is 0 Å². The molecule has 1 aliphatic rings. The number of rotatable bonds is 6.